The number of hydrogen-bond acceptors (Lipinski definition) is 8. The lowest BCUT2D eigenvalue weighted by molar-refractivity contribution is 0.380. The molecule has 4 rings (SSSR count). The van der Waals surface area contributed by atoms with Crippen molar-refractivity contribution >= 4 is 40.9 Å². The van der Waals surface area contributed by atoms with Crippen LogP contribution in [0.2, 0.25) is 5.15 Å². The molecule has 2 N–H and O–H groups in total. The molecule has 0 bridgehead atoms. The van der Waals surface area contributed by atoms with Crippen LogP contribution in [0.5, 0.6) is 6.01 Å². The predicted molar refractivity (Wildman–Crippen MR) is 125 cm³/mol. The molecule has 0 unspecified atom stereocenters. The van der Waals surface area contributed by atoms with Crippen molar-refractivity contribution in [3.63, 3.8) is 0 Å². The van der Waals surface area contributed by atoms with Gasteiger partial charge in [0.25, 0.3) is 0 Å². The maximum absolute atomic E-state index is 14.0. The second-order valence-corrected chi connectivity index (χ2v) is 7.93. The summed E-state index contributed by atoms with van der Waals surface area (Å²) in [5, 5.41) is 3.34. The van der Waals surface area contributed by atoms with E-state index in [-0.39, 0.29) is 16.1 Å². The van der Waals surface area contributed by atoms with Crippen LogP contribution >= 0.6 is 23.5 Å². The highest BCUT2D eigenvalue weighted by Gasteiger charge is 2.14. The molecular formula is C22H17ClF2N6OS. The van der Waals surface area contributed by atoms with Gasteiger partial charge in [-0.2, -0.15) is 4.98 Å². The lowest BCUT2D eigenvalue weighted by Crippen LogP contribution is -2.00. The highest BCUT2D eigenvalue weighted by atomic mass is 35.5. The molecule has 0 aliphatic heterocycles. The molecule has 3 heterocycles. The monoisotopic (exact) mass is 486 g/mol. The Morgan fingerprint density at radius 3 is 2.61 bits per heavy atom. The first-order valence-electron chi connectivity index (χ1n) is 9.58. The van der Waals surface area contributed by atoms with Gasteiger partial charge in [-0.15, -0.1) is 0 Å². The van der Waals surface area contributed by atoms with Crippen LogP contribution in [0.3, 0.4) is 0 Å². The number of hydrogen-bond donors (Lipinski definition) is 2. The van der Waals surface area contributed by atoms with E-state index in [0.29, 0.717) is 17.3 Å². The van der Waals surface area contributed by atoms with Crippen LogP contribution in [0.15, 0.2) is 59.9 Å². The molecule has 7 nitrogen and oxygen atoms in total. The lowest BCUT2D eigenvalue weighted by atomic mass is 10.0. The molecule has 11 heteroatoms. The average Bonchev–Trinajstić information content (AvgIpc) is 2.80. The summed E-state index contributed by atoms with van der Waals surface area (Å²) in [6, 6.07) is 8.97. The van der Waals surface area contributed by atoms with Gasteiger partial charge in [-0.3, -0.25) is 0 Å². The third-order valence-electron chi connectivity index (χ3n) is 4.59. The summed E-state index contributed by atoms with van der Waals surface area (Å²) in [5.74, 6) is -0.230. The van der Waals surface area contributed by atoms with Crippen molar-refractivity contribution in [3.8, 4) is 17.1 Å². The Kier molecular flexibility index (Phi) is 6.85. The van der Waals surface area contributed by atoms with Gasteiger partial charge in [0.05, 0.1) is 17.7 Å². The van der Waals surface area contributed by atoms with E-state index >= 15 is 0 Å². The second-order valence-electron chi connectivity index (χ2n) is 6.72. The Labute approximate surface area is 197 Å². The normalized spacial score (nSPS) is 10.7. The maximum Gasteiger partial charge on any atom is 0.318 e. The van der Waals surface area contributed by atoms with Crippen molar-refractivity contribution in [2.45, 2.75) is 11.8 Å². The summed E-state index contributed by atoms with van der Waals surface area (Å²) in [7, 11) is 1.49. The third kappa shape index (κ3) is 5.29. The largest absolute Gasteiger partial charge is 0.467 e. The fourth-order valence-corrected chi connectivity index (χ4v) is 4.00. The minimum absolute atomic E-state index is 0.228. The van der Waals surface area contributed by atoms with Gasteiger partial charge in [-0.25, -0.2) is 23.7 Å². The zero-order chi connectivity index (χ0) is 23.4. The first kappa shape index (κ1) is 22.7. The molecule has 1 aromatic carbocycles. The molecule has 33 heavy (non-hydrogen) atoms. The average molecular weight is 487 g/mol. The van der Waals surface area contributed by atoms with Crippen molar-refractivity contribution in [1.29, 1.82) is 0 Å². The predicted octanol–water partition coefficient (Wildman–Crippen LogP) is 6.05. The Morgan fingerprint density at radius 2 is 1.82 bits per heavy atom. The summed E-state index contributed by atoms with van der Waals surface area (Å²) >= 11 is 7.28. The molecule has 0 spiro atoms. The molecule has 0 amide bonds. The van der Waals surface area contributed by atoms with Crippen molar-refractivity contribution in [2.75, 3.05) is 17.1 Å². The zero-order valence-electron chi connectivity index (χ0n) is 17.4. The van der Waals surface area contributed by atoms with Gasteiger partial charge in [-0.05, 0) is 60.3 Å². The minimum Gasteiger partial charge on any atom is -0.467 e. The van der Waals surface area contributed by atoms with Gasteiger partial charge in [0.2, 0.25) is 0 Å². The van der Waals surface area contributed by atoms with Gasteiger partial charge in [0.1, 0.15) is 23.3 Å². The molecule has 0 aliphatic carbocycles. The standard InChI is InChI=1S/C22H17ClF2N6OS/c1-12-15(11-28-21(23)20(12)31-33-17-4-3-14(24)10-16(17)25)13-5-7-26-19(9-13)29-18-6-8-27-22(30-18)32-2/h3-11,31H,1-2H3,(H,26,27,29,30). The first-order chi connectivity index (χ1) is 15.9. The molecule has 0 atom stereocenters. The van der Waals surface area contributed by atoms with E-state index in [2.05, 4.69) is 30.0 Å². The SMILES string of the molecule is COc1nccc(Nc2cc(-c3cnc(Cl)c(NSc4ccc(F)cc4F)c3C)ccn2)n1. The highest BCUT2D eigenvalue weighted by Crippen LogP contribution is 2.36. The third-order valence-corrected chi connectivity index (χ3v) is 5.74. The van der Waals surface area contributed by atoms with Crippen molar-refractivity contribution in [1.82, 2.24) is 19.9 Å². The van der Waals surface area contributed by atoms with Gasteiger partial charge >= 0.3 is 6.01 Å². The van der Waals surface area contributed by atoms with Gasteiger partial charge < -0.3 is 14.8 Å². The summed E-state index contributed by atoms with van der Waals surface area (Å²) in [5.41, 5.74) is 2.95. The number of rotatable bonds is 7. The fourth-order valence-electron chi connectivity index (χ4n) is 2.95. The molecule has 0 radical (unpaired) electrons. The molecule has 0 saturated carbocycles. The quantitative estimate of drug-likeness (QED) is 0.241. The van der Waals surface area contributed by atoms with Crippen LogP contribution in [0.1, 0.15) is 5.56 Å². The van der Waals surface area contributed by atoms with Crippen molar-refractivity contribution < 1.29 is 13.5 Å². The van der Waals surface area contributed by atoms with Gasteiger partial charge in [0, 0.05) is 30.2 Å². The number of ether oxygens (including phenoxy) is 1. The van der Waals surface area contributed by atoms with E-state index in [1.807, 2.05) is 19.1 Å². The van der Waals surface area contributed by atoms with E-state index in [1.165, 1.54) is 19.2 Å². The molecule has 4 aromatic rings. The van der Waals surface area contributed by atoms with E-state index in [4.69, 9.17) is 16.3 Å². The molecule has 3 aromatic heterocycles. The van der Waals surface area contributed by atoms with Crippen LogP contribution in [-0.4, -0.2) is 27.0 Å². The Balaban J connectivity index is 1.59. The molecule has 0 saturated heterocycles. The van der Waals surface area contributed by atoms with Crippen LogP contribution in [0, 0.1) is 18.6 Å². The summed E-state index contributed by atoms with van der Waals surface area (Å²) in [6.07, 6.45) is 4.88. The Morgan fingerprint density at radius 1 is 1.00 bits per heavy atom. The number of aromatic nitrogens is 4. The van der Waals surface area contributed by atoms with Crippen LogP contribution in [-0.2, 0) is 0 Å². The molecular weight excluding hydrogens is 470 g/mol. The summed E-state index contributed by atoms with van der Waals surface area (Å²) < 4.78 is 35.2. The highest BCUT2D eigenvalue weighted by molar-refractivity contribution is 8.00. The van der Waals surface area contributed by atoms with E-state index in [1.54, 1.807) is 24.7 Å². The summed E-state index contributed by atoms with van der Waals surface area (Å²) in [4.78, 5) is 17.0. The number of nitrogens with zero attached hydrogens (tertiary/aromatic N) is 4. The van der Waals surface area contributed by atoms with Crippen molar-refractivity contribution in [3.05, 3.63) is 77.3 Å². The van der Waals surface area contributed by atoms with Crippen LogP contribution < -0.4 is 14.8 Å². The first-order valence-corrected chi connectivity index (χ1v) is 10.8. The molecule has 0 fully saturated rings. The Hall–Kier alpha value is -3.50. The van der Waals surface area contributed by atoms with Crippen LogP contribution in [0.4, 0.5) is 26.1 Å². The number of pyridine rings is 2. The zero-order valence-corrected chi connectivity index (χ0v) is 19.0. The summed E-state index contributed by atoms with van der Waals surface area (Å²) in [6.45, 7) is 1.87. The van der Waals surface area contributed by atoms with E-state index in [9.17, 15) is 8.78 Å². The van der Waals surface area contributed by atoms with Gasteiger partial charge in [0.15, 0.2) is 5.15 Å². The number of nitrogens with one attached hydrogen (secondary N) is 2. The molecule has 0 aliphatic rings. The lowest BCUT2D eigenvalue weighted by Gasteiger charge is -2.15. The number of anilines is 3. The molecule has 168 valence electrons. The number of benzene rings is 1. The number of halogens is 3. The van der Waals surface area contributed by atoms with Crippen LogP contribution in [0.25, 0.3) is 11.1 Å². The van der Waals surface area contributed by atoms with E-state index in [0.717, 1.165) is 34.7 Å². The fraction of sp³-hybridized carbons (Fsp3) is 0.0909. The maximum atomic E-state index is 14.0. The second kappa shape index (κ2) is 9.97. The Bertz CT molecular complexity index is 1310. The van der Waals surface area contributed by atoms with Crippen molar-refractivity contribution in [2.24, 2.45) is 0 Å². The minimum atomic E-state index is -0.670. The van der Waals surface area contributed by atoms with Gasteiger partial charge in [-0.1, -0.05) is 11.6 Å². The van der Waals surface area contributed by atoms with E-state index < -0.39 is 11.6 Å². The topological polar surface area (TPSA) is 84.9 Å². The smallest absolute Gasteiger partial charge is 0.318 e. The number of methoxy groups -OCH3 is 1.